The fourth-order valence-corrected chi connectivity index (χ4v) is 3.58. The third-order valence-corrected chi connectivity index (χ3v) is 5.58. The van der Waals surface area contributed by atoms with Crippen molar-refractivity contribution < 1.29 is 37.3 Å². The summed E-state index contributed by atoms with van der Waals surface area (Å²) in [6, 6.07) is 14.3. The first-order valence-corrected chi connectivity index (χ1v) is 12.2. The predicted octanol–water partition coefficient (Wildman–Crippen LogP) is 6.60. The molecule has 0 saturated carbocycles. The molecule has 6 nitrogen and oxygen atoms in total. The molecule has 8 heteroatoms. The van der Waals surface area contributed by atoms with Crippen LogP contribution in [0.5, 0.6) is 11.5 Å². The smallest absolute Gasteiger partial charge is 0.333 e. The minimum absolute atomic E-state index is 0.0333. The third-order valence-electron chi connectivity index (χ3n) is 5.58. The lowest BCUT2D eigenvalue weighted by molar-refractivity contribution is -0.140. The lowest BCUT2D eigenvalue weighted by atomic mass is 9.97. The second kappa shape index (κ2) is 13.4. The molecule has 0 fully saturated rings. The van der Waals surface area contributed by atoms with E-state index >= 15 is 4.39 Å². The number of esters is 2. The number of rotatable bonds is 12. The van der Waals surface area contributed by atoms with Gasteiger partial charge in [-0.3, -0.25) is 0 Å². The first kappa shape index (κ1) is 29.1. The van der Waals surface area contributed by atoms with Crippen LogP contribution in [0.15, 0.2) is 78.9 Å². The van der Waals surface area contributed by atoms with Crippen molar-refractivity contribution in [2.45, 2.75) is 20.8 Å². The molecule has 39 heavy (non-hydrogen) atoms. The monoisotopic (exact) mass is 536 g/mol. The molecule has 0 N–H and O–H groups in total. The van der Waals surface area contributed by atoms with Crippen molar-refractivity contribution in [3.63, 3.8) is 0 Å². The van der Waals surface area contributed by atoms with E-state index in [0.717, 1.165) is 11.1 Å². The van der Waals surface area contributed by atoms with Crippen LogP contribution in [0.2, 0.25) is 0 Å². The molecule has 0 aliphatic rings. The average molecular weight is 537 g/mol. The fraction of sp³-hybridized carbons (Fsp3) is 0.226. The molecular weight excluding hydrogens is 506 g/mol. The van der Waals surface area contributed by atoms with Crippen LogP contribution in [0, 0.1) is 18.6 Å². The van der Waals surface area contributed by atoms with Gasteiger partial charge in [0.2, 0.25) is 0 Å². The topological polar surface area (TPSA) is 71.1 Å². The lowest BCUT2D eigenvalue weighted by Crippen LogP contribution is -2.12. The molecule has 0 atom stereocenters. The molecular formula is C31H30F2O6. The minimum Gasteiger partial charge on any atom is -0.490 e. The Labute approximate surface area is 226 Å². The van der Waals surface area contributed by atoms with Gasteiger partial charge in [0.25, 0.3) is 0 Å². The van der Waals surface area contributed by atoms with Crippen LogP contribution in [-0.4, -0.2) is 38.4 Å². The minimum atomic E-state index is -0.664. The summed E-state index contributed by atoms with van der Waals surface area (Å²) in [5.41, 5.74) is 3.49. The van der Waals surface area contributed by atoms with Gasteiger partial charge in [-0.1, -0.05) is 37.4 Å². The first-order valence-electron chi connectivity index (χ1n) is 12.2. The molecule has 0 bridgehead atoms. The van der Waals surface area contributed by atoms with Crippen molar-refractivity contribution in [2.24, 2.45) is 0 Å². The molecule has 3 rings (SSSR count). The van der Waals surface area contributed by atoms with Crippen LogP contribution in [0.3, 0.4) is 0 Å². The number of hydrogen-bond acceptors (Lipinski definition) is 6. The Bertz CT molecular complexity index is 1400. The Kier molecular flexibility index (Phi) is 9.98. The molecule has 0 saturated heterocycles. The fourth-order valence-electron chi connectivity index (χ4n) is 3.58. The Morgan fingerprint density at radius 3 is 1.79 bits per heavy atom. The number of carbonyl (C=O) groups is 2. The molecule has 0 unspecified atom stereocenters. The molecule has 3 aromatic rings. The van der Waals surface area contributed by atoms with Gasteiger partial charge < -0.3 is 18.9 Å². The van der Waals surface area contributed by atoms with Crippen LogP contribution in [-0.2, 0) is 19.1 Å². The van der Waals surface area contributed by atoms with E-state index in [4.69, 9.17) is 18.9 Å². The maximum Gasteiger partial charge on any atom is 0.333 e. The zero-order valence-electron chi connectivity index (χ0n) is 22.1. The summed E-state index contributed by atoms with van der Waals surface area (Å²) < 4.78 is 50.6. The normalized spacial score (nSPS) is 10.5. The second-order valence-electron chi connectivity index (χ2n) is 8.85. The van der Waals surface area contributed by atoms with E-state index < -0.39 is 23.6 Å². The highest BCUT2D eigenvalue weighted by Gasteiger charge is 2.13. The van der Waals surface area contributed by atoms with Gasteiger partial charge in [0.15, 0.2) is 11.6 Å². The van der Waals surface area contributed by atoms with Crippen molar-refractivity contribution in [1.29, 1.82) is 0 Å². The summed E-state index contributed by atoms with van der Waals surface area (Å²) in [7, 11) is 0. The summed E-state index contributed by atoms with van der Waals surface area (Å²) >= 11 is 0. The van der Waals surface area contributed by atoms with Gasteiger partial charge in [-0.2, -0.15) is 0 Å². The molecule has 0 amide bonds. The highest BCUT2D eigenvalue weighted by atomic mass is 19.1. The van der Waals surface area contributed by atoms with Gasteiger partial charge in [0, 0.05) is 16.7 Å². The van der Waals surface area contributed by atoms with Gasteiger partial charge in [0.05, 0.1) is 0 Å². The Hall–Kier alpha value is -4.46. The molecule has 3 aromatic carbocycles. The van der Waals surface area contributed by atoms with E-state index in [9.17, 15) is 14.0 Å². The van der Waals surface area contributed by atoms with Crippen LogP contribution in [0.4, 0.5) is 8.78 Å². The Morgan fingerprint density at radius 1 is 0.692 bits per heavy atom. The molecule has 204 valence electrons. The number of halogens is 2. The number of aryl methyl sites for hydroxylation is 1. The number of carbonyl (C=O) groups excluding carboxylic acids is 2. The van der Waals surface area contributed by atoms with Gasteiger partial charge in [0.1, 0.15) is 38.0 Å². The summed E-state index contributed by atoms with van der Waals surface area (Å²) in [6.45, 7) is 12.2. The van der Waals surface area contributed by atoms with Crippen molar-refractivity contribution >= 4 is 11.9 Å². The summed E-state index contributed by atoms with van der Waals surface area (Å²) in [6.07, 6.45) is 0. The molecule has 0 aromatic heterocycles. The molecule has 0 aliphatic heterocycles. The summed E-state index contributed by atoms with van der Waals surface area (Å²) in [4.78, 5) is 22.8. The summed E-state index contributed by atoms with van der Waals surface area (Å²) in [5.74, 6) is -1.64. The predicted molar refractivity (Wildman–Crippen MR) is 145 cm³/mol. The van der Waals surface area contributed by atoms with Crippen LogP contribution < -0.4 is 9.47 Å². The zero-order valence-corrected chi connectivity index (χ0v) is 22.1. The second-order valence-corrected chi connectivity index (χ2v) is 8.85. The van der Waals surface area contributed by atoms with E-state index in [2.05, 4.69) is 13.2 Å². The maximum atomic E-state index is 15.1. The summed E-state index contributed by atoms with van der Waals surface area (Å²) in [5, 5.41) is 0. The van der Waals surface area contributed by atoms with Crippen molar-refractivity contribution in [3.8, 4) is 33.8 Å². The number of benzene rings is 3. The maximum absolute atomic E-state index is 15.1. The molecule has 0 radical (unpaired) electrons. The Balaban J connectivity index is 1.64. The van der Waals surface area contributed by atoms with Crippen molar-refractivity contribution in [2.75, 3.05) is 26.4 Å². The highest BCUT2D eigenvalue weighted by Crippen LogP contribution is 2.32. The SMILES string of the molecule is C=C(C)C(=O)OCCOc1ccc(-c2ccc(-c3ccc(OCCOC(=O)C(=C)C)c(F)c3)c(F)c2)c(C)c1. The van der Waals surface area contributed by atoms with E-state index in [-0.39, 0.29) is 43.3 Å². The van der Waals surface area contributed by atoms with Crippen LogP contribution in [0.1, 0.15) is 19.4 Å². The van der Waals surface area contributed by atoms with Gasteiger partial charge in [-0.05, 0) is 73.4 Å². The van der Waals surface area contributed by atoms with Crippen molar-refractivity contribution in [3.05, 3.63) is 96.1 Å². The van der Waals surface area contributed by atoms with E-state index in [1.807, 2.05) is 19.1 Å². The van der Waals surface area contributed by atoms with Gasteiger partial charge in [-0.25, -0.2) is 18.4 Å². The quantitative estimate of drug-likeness (QED) is 0.148. The first-order chi connectivity index (χ1) is 18.6. The van der Waals surface area contributed by atoms with Gasteiger partial charge in [-0.15, -0.1) is 0 Å². The van der Waals surface area contributed by atoms with E-state index in [1.165, 1.54) is 25.1 Å². The molecule has 0 spiro atoms. The standard InChI is InChI=1S/C31H30F2O6/c1-19(2)30(34)38-14-12-36-24-8-10-25(21(5)16-24)22-6-9-26(27(32)17-22)23-7-11-29(28(33)18-23)37-13-15-39-31(35)20(3)4/h6-11,16-18H,1,3,12-15H2,2,4-5H3. The lowest BCUT2D eigenvalue weighted by Gasteiger charge is -2.13. The highest BCUT2D eigenvalue weighted by molar-refractivity contribution is 5.87. The van der Waals surface area contributed by atoms with Crippen LogP contribution >= 0.6 is 0 Å². The number of hydrogen-bond donors (Lipinski definition) is 0. The average Bonchev–Trinajstić information content (AvgIpc) is 2.89. The van der Waals surface area contributed by atoms with Crippen molar-refractivity contribution in [1.82, 2.24) is 0 Å². The largest absolute Gasteiger partial charge is 0.490 e. The van der Waals surface area contributed by atoms with Crippen LogP contribution in [0.25, 0.3) is 22.3 Å². The zero-order chi connectivity index (χ0) is 28.5. The van der Waals surface area contributed by atoms with E-state index in [1.54, 1.807) is 31.2 Å². The molecule has 0 heterocycles. The Morgan fingerprint density at radius 2 is 1.23 bits per heavy atom. The molecule has 0 aliphatic carbocycles. The number of ether oxygens (including phenoxy) is 4. The third kappa shape index (κ3) is 8.01. The van der Waals surface area contributed by atoms with Gasteiger partial charge >= 0.3 is 11.9 Å². The van der Waals surface area contributed by atoms with E-state index in [0.29, 0.717) is 22.4 Å².